The van der Waals surface area contributed by atoms with Gasteiger partial charge in [-0.25, -0.2) is 4.79 Å². The van der Waals surface area contributed by atoms with Gasteiger partial charge >= 0.3 is 11.6 Å². The molecular formula is C23H22O4. The summed E-state index contributed by atoms with van der Waals surface area (Å²) in [6, 6.07) is 18.7. The van der Waals surface area contributed by atoms with Gasteiger partial charge in [-0.1, -0.05) is 55.5 Å². The number of carbonyl (C=O) groups excluding carboxylic acids is 1. The van der Waals surface area contributed by atoms with Crippen molar-refractivity contribution in [1.82, 2.24) is 0 Å². The van der Waals surface area contributed by atoms with Crippen molar-refractivity contribution >= 4 is 22.8 Å². The fraction of sp³-hybridized carbons (Fsp3) is 0.217. The van der Waals surface area contributed by atoms with Crippen LogP contribution in [0.25, 0.3) is 16.8 Å². The molecule has 0 spiro atoms. The number of hydrogen-bond donors (Lipinski definition) is 0. The molecule has 2 atom stereocenters. The van der Waals surface area contributed by atoms with Gasteiger partial charge in [0, 0.05) is 0 Å². The Morgan fingerprint density at radius 2 is 1.81 bits per heavy atom. The molecule has 0 radical (unpaired) electrons. The lowest BCUT2D eigenvalue weighted by atomic mass is 9.97. The summed E-state index contributed by atoms with van der Waals surface area (Å²) < 4.78 is 10.9. The van der Waals surface area contributed by atoms with E-state index >= 15 is 0 Å². The first-order valence-corrected chi connectivity index (χ1v) is 9.05. The smallest absolute Gasteiger partial charge is 0.344 e. The molecule has 0 amide bonds. The first kappa shape index (κ1) is 18.6. The minimum Gasteiger partial charge on any atom is -0.458 e. The van der Waals surface area contributed by atoms with Crippen molar-refractivity contribution in [1.29, 1.82) is 0 Å². The average molecular weight is 362 g/mol. The van der Waals surface area contributed by atoms with Crippen molar-refractivity contribution < 1.29 is 13.9 Å². The van der Waals surface area contributed by atoms with E-state index in [-0.39, 0.29) is 17.5 Å². The Kier molecular flexibility index (Phi) is 5.87. The van der Waals surface area contributed by atoms with E-state index in [0.29, 0.717) is 17.6 Å². The number of rotatable bonds is 6. The van der Waals surface area contributed by atoms with Gasteiger partial charge in [0.1, 0.15) is 11.9 Å². The van der Waals surface area contributed by atoms with E-state index in [0.717, 1.165) is 10.9 Å². The molecule has 0 aliphatic carbocycles. The third-order valence-electron chi connectivity index (χ3n) is 4.42. The van der Waals surface area contributed by atoms with Crippen molar-refractivity contribution in [2.24, 2.45) is 0 Å². The van der Waals surface area contributed by atoms with E-state index in [1.54, 1.807) is 37.3 Å². The fourth-order valence-corrected chi connectivity index (χ4v) is 2.99. The third kappa shape index (κ3) is 4.53. The zero-order chi connectivity index (χ0) is 19.2. The molecule has 0 saturated carbocycles. The highest BCUT2D eigenvalue weighted by atomic mass is 16.5. The van der Waals surface area contributed by atoms with Crippen LogP contribution in [0.4, 0.5) is 0 Å². The SMILES string of the molecule is CC[C@@H](C(=O)O[C@H](C)/C=C/c1cc2ccccc2c(=O)o1)c1ccccc1. The zero-order valence-electron chi connectivity index (χ0n) is 15.4. The Balaban J connectivity index is 1.70. The molecule has 1 heterocycles. The lowest BCUT2D eigenvalue weighted by Gasteiger charge is -2.17. The monoisotopic (exact) mass is 362 g/mol. The van der Waals surface area contributed by atoms with Gasteiger partial charge in [0.15, 0.2) is 0 Å². The van der Waals surface area contributed by atoms with Gasteiger partial charge in [0.05, 0.1) is 11.3 Å². The van der Waals surface area contributed by atoms with E-state index in [4.69, 9.17) is 9.15 Å². The van der Waals surface area contributed by atoms with E-state index in [9.17, 15) is 9.59 Å². The fourth-order valence-electron chi connectivity index (χ4n) is 2.99. The van der Waals surface area contributed by atoms with Crippen LogP contribution in [-0.2, 0) is 9.53 Å². The lowest BCUT2D eigenvalue weighted by Crippen LogP contribution is -2.19. The lowest BCUT2D eigenvalue weighted by molar-refractivity contribution is -0.148. The molecule has 0 aliphatic rings. The van der Waals surface area contributed by atoms with Gasteiger partial charge in [-0.05, 0) is 48.6 Å². The molecule has 138 valence electrons. The topological polar surface area (TPSA) is 56.5 Å². The maximum atomic E-state index is 12.5. The van der Waals surface area contributed by atoms with Crippen LogP contribution in [-0.4, -0.2) is 12.1 Å². The summed E-state index contributed by atoms with van der Waals surface area (Å²) >= 11 is 0. The molecule has 2 aromatic carbocycles. The van der Waals surface area contributed by atoms with Crippen LogP contribution in [0.3, 0.4) is 0 Å². The Morgan fingerprint density at radius 3 is 2.56 bits per heavy atom. The van der Waals surface area contributed by atoms with Gasteiger partial charge < -0.3 is 9.15 Å². The highest BCUT2D eigenvalue weighted by molar-refractivity contribution is 5.82. The molecule has 0 saturated heterocycles. The Hall–Kier alpha value is -3.14. The van der Waals surface area contributed by atoms with Crippen LogP contribution in [0.15, 0.2) is 76.0 Å². The summed E-state index contributed by atoms with van der Waals surface area (Å²) in [5.41, 5.74) is 0.564. The van der Waals surface area contributed by atoms with Gasteiger partial charge in [0.2, 0.25) is 0 Å². The summed E-state index contributed by atoms with van der Waals surface area (Å²) in [5, 5.41) is 1.36. The first-order chi connectivity index (χ1) is 13.1. The van der Waals surface area contributed by atoms with E-state index < -0.39 is 6.10 Å². The molecule has 0 unspecified atom stereocenters. The highest BCUT2D eigenvalue weighted by Gasteiger charge is 2.21. The van der Waals surface area contributed by atoms with Crippen molar-refractivity contribution in [3.05, 3.63) is 88.5 Å². The number of carbonyl (C=O) groups is 1. The van der Waals surface area contributed by atoms with Gasteiger partial charge in [0.25, 0.3) is 0 Å². The molecule has 4 nitrogen and oxygen atoms in total. The third-order valence-corrected chi connectivity index (χ3v) is 4.42. The molecule has 0 fully saturated rings. The second-order valence-electron chi connectivity index (χ2n) is 6.40. The van der Waals surface area contributed by atoms with Crippen LogP contribution in [0.5, 0.6) is 0 Å². The first-order valence-electron chi connectivity index (χ1n) is 9.05. The van der Waals surface area contributed by atoms with Gasteiger partial charge in [-0.15, -0.1) is 0 Å². The average Bonchev–Trinajstić information content (AvgIpc) is 2.68. The molecular weight excluding hydrogens is 340 g/mol. The van der Waals surface area contributed by atoms with Crippen molar-refractivity contribution in [2.45, 2.75) is 32.3 Å². The summed E-state index contributed by atoms with van der Waals surface area (Å²) in [7, 11) is 0. The maximum absolute atomic E-state index is 12.5. The minimum atomic E-state index is -0.438. The van der Waals surface area contributed by atoms with E-state index in [1.807, 2.05) is 49.4 Å². The van der Waals surface area contributed by atoms with Gasteiger partial charge in [-0.3, -0.25) is 4.79 Å². The second-order valence-corrected chi connectivity index (χ2v) is 6.40. The number of ether oxygens (including phenoxy) is 1. The zero-order valence-corrected chi connectivity index (χ0v) is 15.4. The van der Waals surface area contributed by atoms with Crippen LogP contribution in [0.2, 0.25) is 0 Å². The quantitative estimate of drug-likeness (QED) is 0.583. The number of benzene rings is 2. The second kappa shape index (κ2) is 8.49. The van der Waals surface area contributed by atoms with Crippen molar-refractivity contribution in [3.8, 4) is 0 Å². The predicted octanol–water partition coefficient (Wildman–Crippen LogP) is 4.93. The van der Waals surface area contributed by atoms with Crippen LogP contribution >= 0.6 is 0 Å². The Morgan fingerprint density at radius 1 is 1.11 bits per heavy atom. The maximum Gasteiger partial charge on any atom is 0.344 e. The number of fused-ring (bicyclic) bond motifs is 1. The Labute approximate surface area is 158 Å². The summed E-state index contributed by atoms with van der Waals surface area (Å²) in [4.78, 5) is 24.5. The molecule has 3 rings (SSSR count). The summed E-state index contributed by atoms with van der Waals surface area (Å²) in [6.45, 7) is 3.74. The van der Waals surface area contributed by atoms with E-state index in [2.05, 4.69) is 0 Å². The van der Waals surface area contributed by atoms with Crippen LogP contribution < -0.4 is 5.63 Å². The standard InChI is InChI=1S/C23H22O4/c1-3-20(17-9-5-4-6-10-17)22(24)26-16(2)13-14-19-15-18-11-7-8-12-21(18)23(25)27-19/h4-16,20H,3H2,1-2H3/b14-13+/t16-,20-/m1/s1. The highest BCUT2D eigenvalue weighted by Crippen LogP contribution is 2.22. The largest absolute Gasteiger partial charge is 0.458 e. The Bertz CT molecular complexity index is 1000. The number of esters is 1. The minimum absolute atomic E-state index is 0.263. The van der Waals surface area contributed by atoms with Crippen molar-refractivity contribution in [2.75, 3.05) is 0 Å². The van der Waals surface area contributed by atoms with Crippen LogP contribution in [0, 0.1) is 0 Å². The summed E-state index contributed by atoms with van der Waals surface area (Å²) in [6.07, 6.45) is 3.60. The predicted molar refractivity (Wildman–Crippen MR) is 107 cm³/mol. The normalized spacial score (nSPS) is 13.6. The molecule has 0 aliphatic heterocycles. The molecule has 1 aromatic heterocycles. The molecule has 4 heteroatoms. The molecule has 3 aromatic rings. The van der Waals surface area contributed by atoms with Crippen molar-refractivity contribution in [3.63, 3.8) is 0 Å². The summed E-state index contributed by atoms with van der Waals surface area (Å²) in [5.74, 6) is -0.127. The van der Waals surface area contributed by atoms with Gasteiger partial charge in [-0.2, -0.15) is 0 Å². The number of hydrogen-bond acceptors (Lipinski definition) is 4. The van der Waals surface area contributed by atoms with E-state index in [1.165, 1.54) is 0 Å². The molecule has 27 heavy (non-hydrogen) atoms. The van der Waals surface area contributed by atoms with Crippen LogP contribution in [0.1, 0.15) is 37.5 Å². The molecule has 0 N–H and O–H groups in total. The molecule has 0 bridgehead atoms.